The van der Waals surface area contributed by atoms with Crippen molar-refractivity contribution < 1.29 is 0 Å². The van der Waals surface area contributed by atoms with Crippen LogP contribution in [-0.2, 0) is 0 Å². The second-order valence-corrected chi connectivity index (χ2v) is 4.83. The van der Waals surface area contributed by atoms with Crippen LogP contribution in [0.4, 0.5) is 0 Å². The van der Waals surface area contributed by atoms with Crippen molar-refractivity contribution >= 4 is 0 Å². The van der Waals surface area contributed by atoms with Crippen molar-refractivity contribution in [3.63, 3.8) is 0 Å². The first-order valence-corrected chi connectivity index (χ1v) is 6.77. The predicted octanol–water partition coefficient (Wildman–Crippen LogP) is 5.56. The summed E-state index contributed by atoms with van der Waals surface area (Å²) in [6.45, 7) is 8.80. The topological polar surface area (TPSA) is 0 Å². The van der Waals surface area contributed by atoms with E-state index < -0.39 is 0 Å². The molecule has 1 saturated carbocycles. The lowest BCUT2D eigenvalue weighted by molar-refractivity contribution is 0.193. The van der Waals surface area contributed by atoms with Gasteiger partial charge in [0, 0.05) is 0 Å². The largest absolute Gasteiger partial charge is 0.0683 e. The molecule has 0 spiro atoms. The van der Waals surface area contributed by atoms with Crippen molar-refractivity contribution in [2.24, 2.45) is 5.41 Å². The third kappa shape index (κ3) is 5.67. The first-order valence-electron chi connectivity index (χ1n) is 6.77. The summed E-state index contributed by atoms with van der Waals surface area (Å²) in [5, 5.41) is 0. The lowest BCUT2D eigenvalue weighted by Gasteiger charge is -2.33. The Kier molecular flexibility index (Phi) is 8.32. The maximum atomic E-state index is 2.50. The lowest BCUT2D eigenvalue weighted by Crippen LogP contribution is -2.19. The van der Waals surface area contributed by atoms with Crippen LogP contribution < -0.4 is 0 Å². The van der Waals surface area contributed by atoms with Gasteiger partial charge in [0.1, 0.15) is 0 Å². The van der Waals surface area contributed by atoms with Crippen LogP contribution in [0.25, 0.3) is 0 Å². The molecule has 0 aromatic carbocycles. The molecule has 1 aliphatic rings. The Hall–Kier alpha value is 0. The molecule has 14 heavy (non-hydrogen) atoms. The predicted molar refractivity (Wildman–Crippen MR) is 66.7 cm³/mol. The van der Waals surface area contributed by atoms with E-state index in [-0.39, 0.29) is 0 Å². The standard InChI is InChI=1S/C12H24.C2H6/c1-3-4-6-9-12(2)10-7-5-8-11-12;1-2/h3-11H2,1-2H3;1-2H3. The minimum atomic E-state index is 0.730. The van der Waals surface area contributed by atoms with Gasteiger partial charge in [-0.25, -0.2) is 0 Å². The Balaban J connectivity index is 0.000000791. The first kappa shape index (κ1) is 14.0. The van der Waals surface area contributed by atoms with Gasteiger partial charge in [0.25, 0.3) is 0 Å². The second kappa shape index (κ2) is 8.32. The first-order chi connectivity index (χ1) is 6.77. The molecule has 0 bridgehead atoms. The molecule has 0 aromatic rings. The molecule has 0 amide bonds. The van der Waals surface area contributed by atoms with Gasteiger partial charge in [0.15, 0.2) is 0 Å². The average Bonchev–Trinajstić information content (AvgIpc) is 2.22. The fraction of sp³-hybridized carbons (Fsp3) is 1.00. The van der Waals surface area contributed by atoms with E-state index in [4.69, 9.17) is 0 Å². The van der Waals surface area contributed by atoms with Crippen molar-refractivity contribution in [3.8, 4) is 0 Å². The number of unbranched alkanes of at least 4 members (excludes halogenated alkanes) is 2. The van der Waals surface area contributed by atoms with Crippen LogP contribution in [0.2, 0.25) is 0 Å². The molecule has 1 rings (SSSR count). The Labute approximate surface area is 91.5 Å². The van der Waals surface area contributed by atoms with E-state index in [1.54, 1.807) is 0 Å². The Morgan fingerprint density at radius 1 is 0.929 bits per heavy atom. The molecular weight excluding hydrogens is 168 g/mol. The highest BCUT2D eigenvalue weighted by molar-refractivity contribution is 4.77. The Bertz CT molecular complexity index is 109. The molecule has 0 aliphatic heterocycles. The molecule has 0 heterocycles. The summed E-state index contributed by atoms with van der Waals surface area (Å²) in [5.74, 6) is 0. The highest BCUT2D eigenvalue weighted by atomic mass is 14.3. The molecule has 0 heteroatoms. The van der Waals surface area contributed by atoms with E-state index in [0.29, 0.717) is 0 Å². The summed E-state index contributed by atoms with van der Waals surface area (Å²) in [5.41, 5.74) is 0.730. The van der Waals surface area contributed by atoms with Crippen LogP contribution in [0.1, 0.15) is 85.5 Å². The molecule has 0 radical (unpaired) electrons. The van der Waals surface area contributed by atoms with Crippen LogP contribution in [0.3, 0.4) is 0 Å². The van der Waals surface area contributed by atoms with Crippen molar-refractivity contribution in [2.75, 3.05) is 0 Å². The highest BCUT2D eigenvalue weighted by Crippen LogP contribution is 2.39. The van der Waals surface area contributed by atoms with Crippen LogP contribution in [-0.4, -0.2) is 0 Å². The zero-order chi connectivity index (χ0) is 10.9. The van der Waals surface area contributed by atoms with Crippen molar-refractivity contribution in [3.05, 3.63) is 0 Å². The monoisotopic (exact) mass is 198 g/mol. The number of hydrogen-bond acceptors (Lipinski definition) is 0. The molecule has 86 valence electrons. The Morgan fingerprint density at radius 3 is 2.00 bits per heavy atom. The fourth-order valence-corrected chi connectivity index (χ4v) is 2.46. The zero-order valence-electron chi connectivity index (χ0n) is 10.9. The molecule has 0 unspecified atom stereocenters. The molecule has 0 aromatic heterocycles. The van der Waals surface area contributed by atoms with Crippen LogP contribution >= 0.6 is 0 Å². The summed E-state index contributed by atoms with van der Waals surface area (Å²) in [7, 11) is 0. The SMILES string of the molecule is CC.CCCCCC1(C)CCCCC1. The normalized spacial score (nSPS) is 19.7. The van der Waals surface area contributed by atoms with E-state index in [0.717, 1.165) is 5.41 Å². The summed E-state index contributed by atoms with van der Waals surface area (Å²) in [6.07, 6.45) is 13.2. The summed E-state index contributed by atoms with van der Waals surface area (Å²) in [6, 6.07) is 0. The van der Waals surface area contributed by atoms with Crippen molar-refractivity contribution in [1.29, 1.82) is 0 Å². The van der Waals surface area contributed by atoms with E-state index >= 15 is 0 Å². The fourth-order valence-electron chi connectivity index (χ4n) is 2.46. The van der Waals surface area contributed by atoms with Crippen LogP contribution in [0, 0.1) is 5.41 Å². The van der Waals surface area contributed by atoms with Gasteiger partial charge in [-0.1, -0.05) is 66.2 Å². The van der Waals surface area contributed by atoms with Gasteiger partial charge < -0.3 is 0 Å². The van der Waals surface area contributed by atoms with Crippen LogP contribution in [0.15, 0.2) is 0 Å². The quantitative estimate of drug-likeness (QED) is 0.518. The minimum absolute atomic E-state index is 0.730. The molecule has 0 nitrogen and oxygen atoms in total. The molecule has 0 N–H and O–H groups in total. The Morgan fingerprint density at radius 2 is 1.50 bits per heavy atom. The molecule has 0 saturated heterocycles. The van der Waals surface area contributed by atoms with Crippen molar-refractivity contribution in [2.45, 2.75) is 85.5 Å². The number of rotatable bonds is 4. The van der Waals surface area contributed by atoms with Crippen LogP contribution in [0.5, 0.6) is 0 Å². The minimum Gasteiger partial charge on any atom is -0.0683 e. The third-order valence-corrected chi connectivity index (χ3v) is 3.44. The second-order valence-electron chi connectivity index (χ2n) is 4.83. The number of hydrogen-bond donors (Lipinski definition) is 0. The van der Waals surface area contributed by atoms with E-state index in [1.807, 2.05) is 13.8 Å². The highest BCUT2D eigenvalue weighted by Gasteiger charge is 2.25. The van der Waals surface area contributed by atoms with Gasteiger partial charge in [0.2, 0.25) is 0 Å². The summed E-state index contributed by atoms with van der Waals surface area (Å²) in [4.78, 5) is 0. The van der Waals surface area contributed by atoms with E-state index in [1.165, 1.54) is 57.8 Å². The summed E-state index contributed by atoms with van der Waals surface area (Å²) >= 11 is 0. The maximum absolute atomic E-state index is 2.50. The van der Waals surface area contributed by atoms with E-state index in [9.17, 15) is 0 Å². The van der Waals surface area contributed by atoms with Gasteiger partial charge in [-0.3, -0.25) is 0 Å². The van der Waals surface area contributed by atoms with Gasteiger partial charge in [-0.15, -0.1) is 0 Å². The van der Waals surface area contributed by atoms with E-state index in [2.05, 4.69) is 13.8 Å². The molecule has 1 fully saturated rings. The van der Waals surface area contributed by atoms with Gasteiger partial charge in [0.05, 0.1) is 0 Å². The van der Waals surface area contributed by atoms with Gasteiger partial charge in [-0.2, -0.15) is 0 Å². The average molecular weight is 198 g/mol. The lowest BCUT2D eigenvalue weighted by atomic mass is 9.72. The molecule has 1 aliphatic carbocycles. The maximum Gasteiger partial charge on any atom is -0.0326 e. The smallest absolute Gasteiger partial charge is 0.0326 e. The van der Waals surface area contributed by atoms with Crippen molar-refractivity contribution in [1.82, 2.24) is 0 Å². The van der Waals surface area contributed by atoms with Gasteiger partial charge in [-0.05, 0) is 24.7 Å². The summed E-state index contributed by atoms with van der Waals surface area (Å²) < 4.78 is 0. The molecular formula is C14H30. The molecule has 0 atom stereocenters. The van der Waals surface area contributed by atoms with Gasteiger partial charge >= 0.3 is 0 Å². The third-order valence-electron chi connectivity index (χ3n) is 3.44. The zero-order valence-corrected chi connectivity index (χ0v) is 10.9.